The molecular weight excluding hydrogens is 721 g/mol. The normalized spacial score (nSPS) is 12.0. The standard InChI is InChI=1S/C52H98O6/c1-4-7-10-13-16-19-21-22-23-24-25-26-27-28-29-30-31-34-36-39-42-45-51(54)57-48-49(47-56-50(53)44-41-38-35-32-18-15-12-9-6-3)58-52(55)46-43-40-37-33-20-17-14-11-8-5-2/h11,14,49H,4-10,12-13,15-48H2,1-3H3/b14-11-. The Kier molecular flexibility index (Phi) is 46.3. The van der Waals surface area contributed by atoms with Crippen molar-refractivity contribution >= 4 is 17.9 Å². The fraction of sp³-hybridized carbons (Fsp3) is 0.904. The third kappa shape index (κ3) is 45.2. The van der Waals surface area contributed by atoms with Crippen LogP contribution in [-0.4, -0.2) is 37.2 Å². The monoisotopic (exact) mass is 819 g/mol. The molecule has 0 aliphatic heterocycles. The van der Waals surface area contributed by atoms with E-state index in [1.54, 1.807) is 0 Å². The topological polar surface area (TPSA) is 78.9 Å². The second-order valence-electron chi connectivity index (χ2n) is 17.4. The molecule has 0 spiro atoms. The van der Waals surface area contributed by atoms with Crippen LogP contribution in [-0.2, 0) is 28.6 Å². The molecule has 0 aromatic rings. The molecule has 0 saturated carbocycles. The summed E-state index contributed by atoms with van der Waals surface area (Å²) >= 11 is 0. The van der Waals surface area contributed by atoms with Crippen molar-refractivity contribution in [1.29, 1.82) is 0 Å². The zero-order valence-electron chi connectivity index (χ0n) is 39.1. The van der Waals surface area contributed by atoms with Crippen molar-refractivity contribution < 1.29 is 28.6 Å². The number of allylic oxidation sites excluding steroid dienone is 2. The Hall–Kier alpha value is -1.85. The summed E-state index contributed by atoms with van der Waals surface area (Å²) in [6.45, 7) is 6.58. The van der Waals surface area contributed by atoms with Crippen molar-refractivity contribution in [2.75, 3.05) is 13.2 Å². The van der Waals surface area contributed by atoms with Gasteiger partial charge in [-0.25, -0.2) is 0 Å². The summed E-state index contributed by atoms with van der Waals surface area (Å²) in [6.07, 6.45) is 52.1. The molecule has 0 amide bonds. The molecular formula is C52H98O6. The van der Waals surface area contributed by atoms with Crippen molar-refractivity contribution in [3.05, 3.63) is 12.2 Å². The van der Waals surface area contributed by atoms with Gasteiger partial charge in [-0.3, -0.25) is 14.4 Å². The van der Waals surface area contributed by atoms with Gasteiger partial charge in [0.1, 0.15) is 13.2 Å². The first-order valence-corrected chi connectivity index (χ1v) is 25.7. The smallest absolute Gasteiger partial charge is 0.306 e. The van der Waals surface area contributed by atoms with E-state index in [1.807, 2.05) is 0 Å². The van der Waals surface area contributed by atoms with E-state index < -0.39 is 6.10 Å². The van der Waals surface area contributed by atoms with Gasteiger partial charge in [0.2, 0.25) is 0 Å². The van der Waals surface area contributed by atoms with E-state index in [4.69, 9.17) is 14.2 Å². The Morgan fingerprint density at radius 2 is 0.603 bits per heavy atom. The predicted molar refractivity (Wildman–Crippen MR) is 247 cm³/mol. The Balaban J connectivity index is 4.15. The lowest BCUT2D eigenvalue weighted by Gasteiger charge is -2.18. The largest absolute Gasteiger partial charge is 0.462 e. The van der Waals surface area contributed by atoms with E-state index in [-0.39, 0.29) is 31.1 Å². The Labute approximate surface area is 360 Å². The molecule has 0 fully saturated rings. The van der Waals surface area contributed by atoms with E-state index in [0.29, 0.717) is 19.3 Å². The molecule has 0 saturated heterocycles. The van der Waals surface area contributed by atoms with Gasteiger partial charge in [0.05, 0.1) is 0 Å². The van der Waals surface area contributed by atoms with Gasteiger partial charge >= 0.3 is 17.9 Å². The third-order valence-electron chi connectivity index (χ3n) is 11.5. The highest BCUT2D eigenvalue weighted by molar-refractivity contribution is 5.71. The van der Waals surface area contributed by atoms with Gasteiger partial charge in [0.15, 0.2) is 6.10 Å². The first-order valence-electron chi connectivity index (χ1n) is 25.7. The highest BCUT2D eigenvalue weighted by atomic mass is 16.6. The zero-order chi connectivity index (χ0) is 42.3. The summed E-state index contributed by atoms with van der Waals surface area (Å²) in [4.78, 5) is 37.7. The van der Waals surface area contributed by atoms with Crippen LogP contribution in [0.4, 0.5) is 0 Å². The minimum Gasteiger partial charge on any atom is -0.462 e. The van der Waals surface area contributed by atoms with Gasteiger partial charge in [-0.1, -0.05) is 238 Å². The number of carbonyl (C=O) groups is 3. The Bertz CT molecular complexity index is 900. The number of hydrogen-bond donors (Lipinski definition) is 0. The second-order valence-corrected chi connectivity index (χ2v) is 17.4. The van der Waals surface area contributed by atoms with Gasteiger partial charge < -0.3 is 14.2 Å². The first-order chi connectivity index (χ1) is 28.5. The Morgan fingerprint density at radius 3 is 0.931 bits per heavy atom. The maximum absolute atomic E-state index is 12.7. The van der Waals surface area contributed by atoms with Gasteiger partial charge in [0, 0.05) is 19.3 Å². The molecule has 0 radical (unpaired) electrons. The van der Waals surface area contributed by atoms with Crippen LogP contribution < -0.4 is 0 Å². The molecule has 1 unspecified atom stereocenters. The van der Waals surface area contributed by atoms with E-state index in [9.17, 15) is 14.4 Å². The van der Waals surface area contributed by atoms with Crippen LogP contribution in [0.2, 0.25) is 0 Å². The molecule has 0 heterocycles. The highest BCUT2D eigenvalue weighted by Crippen LogP contribution is 2.17. The average Bonchev–Trinajstić information content (AvgIpc) is 3.22. The summed E-state index contributed by atoms with van der Waals surface area (Å²) in [7, 11) is 0. The lowest BCUT2D eigenvalue weighted by molar-refractivity contribution is -0.167. The van der Waals surface area contributed by atoms with Gasteiger partial charge in [-0.15, -0.1) is 0 Å². The van der Waals surface area contributed by atoms with Crippen molar-refractivity contribution in [1.82, 2.24) is 0 Å². The van der Waals surface area contributed by atoms with E-state index in [0.717, 1.165) is 70.6 Å². The summed E-state index contributed by atoms with van der Waals surface area (Å²) in [5.41, 5.74) is 0. The molecule has 0 aromatic heterocycles. The van der Waals surface area contributed by atoms with Crippen LogP contribution in [0.3, 0.4) is 0 Å². The van der Waals surface area contributed by atoms with Crippen molar-refractivity contribution in [2.45, 2.75) is 290 Å². The van der Waals surface area contributed by atoms with Crippen LogP contribution >= 0.6 is 0 Å². The predicted octanol–water partition coefficient (Wildman–Crippen LogP) is 16.6. The summed E-state index contributed by atoms with van der Waals surface area (Å²) in [5, 5.41) is 0. The lowest BCUT2D eigenvalue weighted by Crippen LogP contribution is -2.30. The molecule has 1 atom stereocenters. The molecule has 0 N–H and O–H groups in total. The fourth-order valence-corrected chi connectivity index (χ4v) is 7.62. The number of ether oxygens (including phenoxy) is 3. The highest BCUT2D eigenvalue weighted by Gasteiger charge is 2.19. The molecule has 0 aliphatic rings. The molecule has 0 bridgehead atoms. The molecule has 58 heavy (non-hydrogen) atoms. The van der Waals surface area contributed by atoms with Gasteiger partial charge in [-0.2, -0.15) is 0 Å². The number of esters is 3. The van der Waals surface area contributed by atoms with Crippen LogP contribution in [0.15, 0.2) is 12.2 Å². The van der Waals surface area contributed by atoms with Crippen molar-refractivity contribution in [3.63, 3.8) is 0 Å². The van der Waals surface area contributed by atoms with Gasteiger partial charge in [-0.05, 0) is 38.5 Å². The Morgan fingerprint density at radius 1 is 0.328 bits per heavy atom. The van der Waals surface area contributed by atoms with Crippen molar-refractivity contribution in [2.24, 2.45) is 0 Å². The molecule has 342 valence electrons. The summed E-state index contributed by atoms with van der Waals surface area (Å²) < 4.78 is 16.7. The van der Waals surface area contributed by atoms with Crippen LogP contribution in [0, 0.1) is 0 Å². The first kappa shape index (κ1) is 56.1. The maximum atomic E-state index is 12.7. The molecule has 0 rings (SSSR count). The molecule has 6 heteroatoms. The van der Waals surface area contributed by atoms with Crippen molar-refractivity contribution in [3.8, 4) is 0 Å². The molecule has 0 aliphatic carbocycles. The minimum atomic E-state index is -0.766. The maximum Gasteiger partial charge on any atom is 0.306 e. The van der Waals surface area contributed by atoms with Gasteiger partial charge in [0.25, 0.3) is 0 Å². The van der Waals surface area contributed by atoms with E-state index in [2.05, 4.69) is 32.9 Å². The second kappa shape index (κ2) is 47.8. The average molecular weight is 819 g/mol. The lowest BCUT2D eigenvalue weighted by atomic mass is 10.0. The molecule has 0 aromatic carbocycles. The number of rotatable bonds is 47. The fourth-order valence-electron chi connectivity index (χ4n) is 7.62. The van der Waals surface area contributed by atoms with E-state index >= 15 is 0 Å². The number of hydrogen-bond acceptors (Lipinski definition) is 6. The van der Waals surface area contributed by atoms with E-state index in [1.165, 1.54) is 173 Å². The number of carbonyl (C=O) groups excluding carboxylic acids is 3. The summed E-state index contributed by atoms with van der Waals surface area (Å²) in [5.74, 6) is -0.869. The minimum absolute atomic E-state index is 0.0688. The number of unbranched alkanes of at least 4 members (excludes halogenated alkanes) is 34. The van der Waals surface area contributed by atoms with Crippen LogP contribution in [0.25, 0.3) is 0 Å². The molecule has 6 nitrogen and oxygen atoms in total. The SMILES string of the molecule is CCC/C=C\CCCCCCCC(=O)OC(COC(=O)CCCCCCCCCCC)COC(=O)CCCCCCCCCCCCCCCCCCCCCCC. The van der Waals surface area contributed by atoms with Crippen LogP contribution in [0.1, 0.15) is 284 Å². The quantitative estimate of drug-likeness (QED) is 0.0263. The zero-order valence-corrected chi connectivity index (χ0v) is 39.1. The third-order valence-corrected chi connectivity index (χ3v) is 11.5. The summed E-state index contributed by atoms with van der Waals surface area (Å²) in [6, 6.07) is 0. The van der Waals surface area contributed by atoms with Crippen LogP contribution in [0.5, 0.6) is 0 Å².